The highest BCUT2D eigenvalue weighted by Gasteiger charge is 2.15. The maximum absolute atomic E-state index is 10.7. The summed E-state index contributed by atoms with van der Waals surface area (Å²) < 4.78 is 10.0. The Morgan fingerprint density at radius 1 is 1.17 bits per heavy atom. The van der Waals surface area contributed by atoms with Crippen LogP contribution < -0.4 is 19.7 Å². The molecule has 0 fully saturated rings. The maximum Gasteiger partial charge on any atom is 0.125 e. The zero-order valence-corrected chi connectivity index (χ0v) is 9.97. The van der Waals surface area contributed by atoms with Crippen molar-refractivity contribution in [2.45, 2.75) is 6.42 Å². The predicted molar refractivity (Wildman–Crippen MR) is 56.8 cm³/mol. The van der Waals surface area contributed by atoms with Gasteiger partial charge in [0.15, 0.2) is 0 Å². The van der Waals surface area contributed by atoms with Gasteiger partial charge >= 0.3 is 0 Å². The van der Waals surface area contributed by atoms with Crippen molar-refractivity contribution in [3.8, 4) is 11.5 Å². The number of hydrogen-bond donors (Lipinski definition) is 0. The van der Waals surface area contributed by atoms with Crippen LogP contribution in [0.5, 0.6) is 11.5 Å². The van der Waals surface area contributed by atoms with E-state index in [0.29, 0.717) is 17.1 Å². The molecule has 0 unspecified atom stereocenters. The summed E-state index contributed by atoms with van der Waals surface area (Å²) in [6.07, 6.45) is -0.266. The molecule has 0 aliphatic rings. The number of carbonyl (C=O) groups excluding carboxylic acids is 2. The van der Waals surface area contributed by atoms with Crippen molar-refractivity contribution in [1.29, 1.82) is 0 Å². The SMILES string of the molecule is COc1ccc(CC(C(=O)[O-])C(=O)[O-])c(OC)c1. The molecule has 0 aliphatic heterocycles. The van der Waals surface area contributed by atoms with E-state index in [1.807, 2.05) is 0 Å². The minimum absolute atomic E-state index is 0.266. The van der Waals surface area contributed by atoms with E-state index in [2.05, 4.69) is 0 Å². The van der Waals surface area contributed by atoms with Gasteiger partial charge in [-0.15, -0.1) is 0 Å². The number of carboxylic acid groups (broad SMARTS) is 2. The molecule has 6 heteroatoms. The summed E-state index contributed by atoms with van der Waals surface area (Å²) in [5, 5.41) is 21.3. The highest BCUT2D eigenvalue weighted by atomic mass is 16.5. The van der Waals surface area contributed by atoms with Gasteiger partial charge in [0.2, 0.25) is 0 Å². The van der Waals surface area contributed by atoms with Crippen molar-refractivity contribution in [2.75, 3.05) is 14.2 Å². The van der Waals surface area contributed by atoms with Gasteiger partial charge in [0.05, 0.1) is 26.2 Å². The molecule has 0 saturated carbocycles. The molecule has 0 aliphatic carbocycles. The second kappa shape index (κ2) is 5.90. The van der Waals surface area contributed by atoms with E-state index in [4.69, 9.17) is 9.47 Å². The Morgan fingerprint density at radius 3 is 2.22 bits per heavy atom. The normalized spacial score (nSPS) is 10.2. The fraction of sp³-hybridized carbons (Fsp3) is 0.333. The highest BCUT2D eigenvalue weighted by molar-refractivity contribution is 5.91. The van der Waals surface area contributed by atoms with Crippen LogP contribution in [0, 0.1) is 5.92 Å². The second-order valence-electron chi connectivity index (χ2n) is 3.57. The third-order valence-electron chi connectivity index (χ3n) is 2.49. The number of ether oxygens (including phenoxy) is 2. The molecule has 1 rings (SSSR count). The van der Waals surface area contributed by atoms with Crippen LogP contribution in [0.2, 0.25) is 0 Å². The van der Waals surface area contributed by atoms with E-state index in [-0.39, 0.29) is 6.42 Å². The lowest BCUT2D eigenvalue weighted by Gasteiger charge is -2.20. The molecule has 6 nitrogen and oxygen atoms in total. The smallest absolute Gasteiger partial charge is 0.125 e. The van der Waals surface area contributed by atoms with Gasteiger partial charge in [0.25, 0.3) is 0 Å². The van der Waals surface area contributed by atoms with Crippen molar-refractivity contribution in [2.24, 2.45) is 5.92 Å². The van der Waals surface area contributed by atoms with Crippen molar-refractivity contribution < 1.29 is 29.3 Å². The van der Waals surface area contributed by atoms with Gasteiger partial charge in [0.1, 0.15) is 11.5 Å². The Kier molecular flexibility index (Phi) is 4.53. The topological polar surface area (TPSA) is 98.7 Å². The Bertz CT molecular complexity index is 440. The second-order valence-corrected chi connectivity index (χ2v) is 3.57. The zero-order valence-electron chi connectivity index (χ0n) is 9.97. The molecule has 1 aromatic rings. The Hall–Kier alpha value is -2.24. The Balaban J connectivity index is 3.02. The lowest BCUT2D eigenvalue weighted by Crippen LogP contribution is -2.44. The summed E-state index contributed by atoms with van der Waals surface area (Å²) in [7, 11) is 2.87. The molecule has 0 heterocycles. The van der Waals surface area contributed by atoms with E-state index < -0.39 is 17.9 Å². The number of aliphatic carboxylic acids is 2. The number of rotatable bonds is 6. The number of benzene rings is 1. The number of carbonyl (C=O) groups is 2. The molecule has 0 spiro atoms. The molecule has 0 aromatic heterocycles. The largest absolute Gasteiger partial charge is 0.549 e. The summed E-state index contributed by atoms with van der Waals surface area (Å²) in [6.45, 7) is 0. The fourth-order valence-electron chi connectivity index (χ4n) is 1.50. The number of methoxy groups -OCH3 is 2. The van der Waals surface area contributed by atoms with Gasteiger partial charge in [-0.2, -0.15) is 0 Å². The van der Waals surface area contributed by atoms with Gasteiger partial charge in [0, 0.05) is 12.0 Å². The summed E-state index contributed by atoms with van der Waals surface area (Å²) in [6, 6.07) is 4.66. The lowest BCUT2D eigenvalue weighted by atomic mass is 9.99. The van der Waals surface area contributed by atoms with Crippen LogP contribution in [0.25, 0.3) is 0 Å². The Labute approximate surface area is 104 Å². The van der Waals surface area contributed by atoms with Crippen molar-refractivity contribution in [3.63, 3.8) is 0 Å². The van der Waals surface area contributed by atoms with Gasteiger partial charge < -0.3 is 29.3 Å². The molecule has 0 saturated heterocycles. The molecule has 98 valence electrons. The van der Waals surface area contributed by atoms with Crippen molar-refractivity contribution in [1.82, 2.24) is 0 Å². The molecule has 0 atom stereocenters. The molecule has 18 heavy (non-hydrogen) atoms. The van der Waals surface area contributed by atoms with E-state index in [0.717, 1.165) is 0 Å². The lowest BCUT2D eigenvalue weighted by molar-refractivity contribution is -0.331. The van der Waals surface area contributed by atoms with Gasteiger partial charge in [-0.3, -0.25) is 0 Å². The van der Waals surface area contributed by atoms with Crippen LogP contribution in [0.4, 0.5) is 0 Å². The van der Waals surface area contributed by atoms with Crippen LogP contribution in [0.1, 0.15) is 5.56 Å². The van der Waals surface area contributed by atoms with Crippen molar-refractivity contribution in [3.05, 3.63) is 23.8 Å². The van der Waals surface area contributed by atoms with Crippen LogP contribution in [0.3, 0.4) is 0 Å². The minimum atomic E-state index is -1.72. The third-order valence-corrected chi connectivity index (χ3v) is 2.49. The van der Waals surface area contributed by atoms with Gasteiger partial charge in [-0.05, 0) is 18.1 Å². The standard InChI is InChI=1S/C12H14O6/c1-17-8-4-3-7(10(6-8)18-2)5-9(11(13)14)12(15)16/h3-4,6,9H,5H2,1-2H3,(H,13,14)(H,15,16)/p-2. The minimum Gasteiger partial charge on any atom is -0.549 e. The Morgan fingerprint density at radius 2 is 1.78 bits per heavy atom. The first kappa shape index (κ1) is 13.8. The van der Waals surface area contributed by atoms with Crippen LogP contribution in [0.15, 0.2) is 18.2 Å². The van der Waals surface area contributed by atoms with Gasteiger partial charge in [-0.1, -0.05) is 6.07 Å². The molecular weight excluding hydrogens is 240 g/mol. The fourth-order valence-corrected chi connectivity index (χ4v) is 1.50. The van der Waals surface area contributed by atoms with E-state index >= 15 is 0 Å². The summed E-state index contributed by atoms with van der Waals surface area (Å²) in [5.74, 6) is -4.22. The molecule has 0 amide bonds. The molecule has 0 N–H and O–H groups in total. The van der Waals surface area contributed by atoms with E-state index in [9.17, 15) is 19.8 Å². The van der Waals surface area contributed by atoms with Crippen molar-refractivity contribution >= 4 is 11.9 Å². The quantitative estimate of drug-likeness (QED) is 0.563. The predicted octanol–water partition coefficient (Wildman–Crippen LogP) is -1.64. The van der Waals surface area contributed by atoms with Gasteiger partial charge in [-0.25, -0.2) is 0 Å². The first-order valence-corrected chi connectivity index (χ1v) is 5.12. The summed E-state index contributed by atoms with van der Waals surface area (Å²) >= 11 is 0. The zero-order chi connectivity index (χ0) is 13.7. The van der Waals surface area contributed by atoms with Crippen LogP contribution >= 0.6 is 0 Å². The van der Waals surface area contributed by atoms with Crippen LogP contribution in [-0.2, 0) is 16.0 Å². The average molecular weight is 252 g/mol. The first-order chi connectivity index (χ1) is 8.49. The molecule has 1 aromatic carbocycles. The van der Waals surface area contributed by atoms with Crippen LogP contribution in [-0.4, -0.2) is 26.2 Å². The molecule has 0 radical (unpaired) electrons. The summed E-state index contributed by atoms with van der Waals surface area (Å²) in [5.41, 5.74) is 0.428. The third kappa shape index (κ3) is 3.13. The maximum atomic E-state index is 10.7. The molecular formula is C12H12O6-2. The van der Waals surface area contributed by atoms with E-state index in [1.165, 1.54) is 26.4 Å². The summed E-state index contributed by atoms with van der Waals surface area (Å²) in [4.78, 5) is 21.3. The monoisotopic (exact) mass is 252 g/mol. The number of carboxylic acids is 2. The average Bonchev–Trinajstić information content (AvgIpc) is 2.34. The van der Waals surface area contributed by atoms with E-state index in [1.54, 1.807) is 6.07 Å². The highest BCUT2D eigenvalue weighted by Crippen LogP contribution is 2.26. The number of hydrogen-bond acceptors (Lipinski definition) is 6. The molecule has 0 bridgehead atoms. The first-order valence-electron chi connectivity index (χ1n) is 5.12.